The van der Waals surface area contributed by atoms with Gasteiger partial charge in [-0.1, -0.05) is 11.6 Å². The van der Waals surface area contributed by atoms with Crippen LogP contribution in [0.2, 0.25) is 5.02 Å². The van der Waals surface area contributed by atoms with E-state index in [0.29, 0.717) is 49.2 Å². The first-order valence-electron chi connectivity index (χ1n) is 9.34. The number of hydrogen-bond acceptors (Lipinski definition) is 5. The van der Waals surface area contributed by atoms with E-state index in [9.17, 15) is 14.4 Å². The van der Waals surface area contributed by atoms with Crippen molar-refractivity contribution < 1.29 is 28.8 Å². The van der Waals surface area contributed by atoms with Crippen LogP contribution in [0.1, 0.15) is 18.9 Å². The number of anilines is 1. The Kier molecular flexibility index (Phi) is 6.10. The molecular formula is C19H25ClN3O5+. The number of benzene rings is 1. The first kappa shape index (κ1) is 20.4. The number of rotatable bonds is 4. The van der Waals surface area contributed by atoms with Crippen LogP contribution in [0.25, 0.3) is 0 Å². The molecule has 0 aromatic heterocycles. The smallest absolute Gasteiger partial charge is 0.410 e. The lowest BCUT2D eigenvalue weighted by Gasteiger charge is -2.33. The first-order chi connectivity index (χ1) is 13.4. The van der Waals surface area contributed by atoms with Gasteiger partial charge in [0, 0.05) is 11.1 Å². The van der Waals surface area contributed by atoms with Crippen LogP contribution >= 0.6 is 11.6 Å². The Labute approximate surface area is 168 Å². The summed E-state index contributed by atoms with van der Waals surface area (Å²) in [5, 5.41) is 0.511. The number of nitrogens with one attached hydrogen (secondary N) is 1. The highest BCUT2D eigenvalue weighted by Crippen LogP contribution is 2.36. The van der Waals surface area contributed by atoms with E-state index >= 15 is 0 Å². The lowest BCUT2D eigenvalue weighted by Crippen LogP contribution is -3.19. The molecule has 0 bridgehead atoms. The van der Waals surface area contributed by atoms with Gasteiger partial charge in [0.25, 0.3) is 5.91 Å². The topological polar surface area (TPSA) is 80.6 Å². The molecule has 1 aromatic rings. The third-order valence-corrected chi connectivity index (χ3v) is 5.68. The SMILES string of the molecule is CCOC(=O)N1CC[NH+]([C@H]2CC(=O)N(c3cc(C)c(Cl)cc3OC)C2=O)CC1. The molecule has 0 saturated carbocycles. The molecule has 2 fully saturated rings. The highest BCUT2D eigenvalue weighted by Gasteiger charge is 2.47. The normalized spacial score (nSPS) is 20.6. The lowest BCUT2D eigenvalue weighted by atomic mass is 10.1. The van der Waals surface area contributed by atoms with Gasteiger partial charge in [-0.2, -0.15) is 0 Å². The molecule has 9 heteroatoms. The van der Waals surface area contributed by atoms with E-state index in [0.717, 1.165) is 10.5 Å². The van der Waals surface area contributed by atoms with Crippen LogP contribution in [0.4, 0.5) is 10.5 Å². The summed E-state index contributed by atoms with van der Waals surface area (Å²) < 4.78 is 10.4. The predicted molar refractivity (Wildman–Crippen MR) is 103 cm³/mol. The van der Waals surface area contributed by atoms with Crippen molar-refractivity contribution in [3.05, 3.63) is 22.7 Å². The number of ether oxygens (including phenoxy) is 2. The van der Waals surface area contributed by atoms with Crippen LogP contribution in [0.5, 0.6) is 5.75 Å². The van der Waals surface area contributed by atoms with Crippen LogP contribution < -0.4 is 14.5 Å². The van der Waals surface area contributed by atoms with Gasteiger partial charge in [0.2, 0.25) is 5.91 Å². The number of halogens is 1. The Balaban J connectivity index is 1.75. The molecule has 2 aliphatic rings. The number of aryl methyl sites for hydroxylation is 1. The largest absolute Gasteiger partial charge is 0.495 e. The summed E-state index contributed by atoms with van der Waals surface area (Å²) in [5.74, 6) is -0.111. The van der Waals surface area contributed by atoms with Crippen molar-refractivity contribution in [3.8, 4) is 5.75 Å². The second-order valence-electron chi connectivity index (χ2n) is 6.94. The molecule has 0 spiro atoms. The van der Waals surface area contributed by atoms with Gasteiger partial charge in [-0.15, -0.1) is 0 Å². The quantitative estimate of drug-likeness (QED) is 0.737. The van der Waals surface area contributed by atoms with E-state index in [1.807, 2.05) is 6.92 Å². The summed E-state index contributed by atoms with van der Waals surface area (Å²) in [7, 11) is 1.48. The van der Waals surface area contributed by atoms with Crippen molar-refractivity contribution in [3.63, 3.8) is 0 Å². The molecule has 1 atom stereocenters. The summed E-state index contributed by atoms with van der Waals surface area (Å²) in [5.41, 5.74) is 1.18. The minimum Gasteiger partial charge on any atom is -0.495 e. The van der Waals surface area contributed by atoms with E-state index in [1.54, 1.807) is 24.0 Å². The minimum absolute atomic E-state index is 0.137. The number of imide groups is 1. The highest BCUT2D eigenvalue weighted by molar-refractivity contribution is 6.32. The molecule has 152 valence electrons. The summed E-state index contributed by atoms with van der Waals surface area (Å²) in [6.07, 6.45) is -0.198. The van der Waals surface area contributed by atoms with Crippen LogP contribution in [0, 0.1) is 6.92 Å². The summed E-state index contributed by atoms with van der Waals surface area (Å²) >= 11 is 6.14. The van der Waals surface area contributed by atoms with Crippen molar-refractivity contribution in [2.24, 2.45) is 0 Å². The fourth-order valence-corrected chi connectivity index (χ4v) is 3.88. The van der Waals surface area contributed by atoms with Gasteiger partial charge in [0.05, 0.1) is 52.0 Å². The van der Waals surface area contributed by atoms with Gasteiger partial charge < -0.3 is 14.4 Å². The molecule has 1 N–H and O–H groups in total. The molecule has 8 nitrogen and oxygen atoms in total. The number of carbonyl (C=O) groups excluding carboxylic acids is 3. The Morgan fingerprint density at radius 1 is 1.29 bits per heavy atom. The third kappa shape index (κ3) is 3.79. The van der Waals surface area contributed by atoms with Crippen LogP contribution in [0.3, 0.4) is 0 Å². The van der Waals surface area contributed by atoms with Crippen LogP contribution in [-0.2, 0) is 14.3 Å². The molecule has 0 aliphatic carbocycles. The number of quaternary nitrogens is 1. The highest BCUT2D eigenvalue weighted by atomic mass is 35.5. The molecular weight excluding hydrogens is 386 g/mol. The first-order valence-corrected chi connectivity index (χ1v) is 9.72. The van der Waals surface area contributed by atoms with E-state index in [4.69, 9.17) is 21.1 Å². The van der Waals surface area contributed by atoms with Crippen LogP contribution in [0.15, 0.2) is 12.1 Å². The lowest BCUT2D eigenvalue weighted by molar-refractivity contribution is -0.918. The number of amides is 3. The van der Waals surface area contributed by atoms with Gasteiger partial charge in [0.1, 0.15) is 5.75 Å². The van der Waals surface area contributed by atoms with Crippen molar-refractivity contribution in [1.29, 1.82) is 0 Å². The minimum atomic E-state index is -0.461. The zero-order valence-corrected chi connectivity index (χ0v) is 17.0. The number of piperazine rings is 1. The van der Waals surface area contributed by atoms with Gasteiger partial charge in [-0.05, 0) is 25.5 Å². The number of methoxy groups -OCH3 is 1. The zero-order chi connectivity index (χ0) is 20.4. The van der Waals surface area contributed by atoms with Gasteiger partial charge in [0.15, 0.2) is 6.04 Å². The maximum Gasteiger partial charge on any atom is 0.410 e. The van der Waals surface area contributed by atoms with E-state index < -0.39 is 6.04 Å². The van der Waals surface area contributed by atoms with Crippen molar-refractivity contribution in [1.82, 2.24) is 4.90 Å². The predicted octanol–water partition coefficient (Wildman–Crippen LogP) is 0.646. The van der Waals surface area contributed by atoms with E-state index in [2.05, 4.69) is 0 Å². The Morgan fingerprint density at radius 3 is 2.57 bits per heavy atom. The summed E-state index contributed by atoms with van der Waals surface area (Å²) in [4.78, 5) is 41.5. The maximum atomic E-state index is 13.1. The monoisotopic (exact) mass is 410 g/mol. The molecule has 3 amide bonds. The number of carbonyl (C=O) groups is 3. The Hall–Kier alpha value is -2.32. The van der Waals surface area contributed by atoms with Crippen LogP contribution in [-0.4, -0.2) is 68.7 Å². The Bertz CT molecular complexity index is 792. The number of nitrogens with zero attached hydrogens (tertiary/aromatic N) is 2. The molecule has 0 radical (unpaired) electrons. The summed E-state index contributed by atoms with van der Waals surface area (Å²) in [6.45, 7) is 6.08. The van der Waals surface area contributed by atoms with Gasteiger partial charge in [-0.25, -0.2) is 9.69 Å². The molecule has 0 unspecified atom stereocenters. The zero-order valence-electron chi connectivity index (χ0n) is 16.3. The fourth-order valence-electron chi connectivity index (χ4n) is 3.73. The van der Waals surface area contributed by atoms with Crippen molar-refractivity contribution in [2.75, 3.05) is 44.8 Å². The molecule has 1 aromatic carbocycles. The van der Waals surface area contributed by atoms with Gasteiger partial charge >= 0.3 is 6.09 Å². The van der Waals surface area contributed by atoms with E-state index in [-0.39, 0.29) is 24.3 Å². The van der Waals surface area contributed by atoms with Crippen molar-refractivity contribution in [2.45, 2.75) is 26.3 Å². The molecule has 2 aliphatic heterocycles. The average molecular weight is 411 g/mol. The molecule has 3 rings (SSSR count). The molecule has 2 saturated heterocycles. The second-order valence-corrected chi connectivity index (χ2v) is 7.35. The molecule has 2 heterocycles. The maximum absolute atomic E-state index is 13.1. The summed E-state index contributed by atoms with van der Waals surface area (Å²) in [6, 6.07) is 2.86. The van der Waals surface area contributed by atoms with Crippen molar-refractivity contribution >= 4 is 35.2 Å². The fraction of sp³-hybridized carbons (Fsp3) is 0.526. The Morgan fingerprint density at radius 2 is 1.96 bits per heavy atom. The average Bonchev–Trinajstić information content (AvgIpc) is 2.98. The molecule has 28 heavy (non-hydrogen) atoms. The second kappa shape index (κ2) is 8.36. The van der Waals surface area contributed by atoms with Gasteiger partial charge in [-0.3, -0.25) is 14.5 Å². The third-order valence-electron chi connectivity index (χ3n) is 5.27. The van der Waals surface area contributed by atoms with E-state index in [1.165, 1.54) is 12.0 Å². The number of hydrogen-bond donors (Lipinski definition) is 1. The standard InChI is InChI=1S/C19H24ClN3O5/c1-4-28-19(26)22-7-5-21(6-8-22)15-11-17(24)23(18(15)25)14-9-12(2)13(20)10-16(14)27-3/h9-10,15H,4-8,11H2,1-3H3/p+1/t15-/m0/s1.